The molecular formula is C9H8BrNO6. The van der Waals surface area contributed by atoms with Crippen LogP contribution in [-0.2, 0) is 0 Å². The molecule has 0 amide bonds. The summed E-state index contributed by atoms with van der Waals surface area (Å²) >= 11 is 3.01. The number of carbonyl (C=O) groups is 1. The smallest absolute Gasteiger partial charge is 0.343 e. The number of aromatic carboxylic acids is 1. The molecule has 0 heterocycles. The van der Waals surface area contributed by atoms with Gasteiger partial charge in [-0.05, 0) is 15.9 Å². The monoisotopic (exact) mass is 305 g/mol. The molecule has 0 radical (unpaired) electrons. The standard InChI is InChI=1S/C9H8BrNO6/c1-16-7-4(10)3-5(11(14)15)8(17-2)6(7)9(12)13/h3H,1-2H3,(H,12,13). The number of rotatable bonds is 4. The highest BCUT2D eigenvalue weighted by atomic mass is 79.9. The molecule has 0 fully saturated rings. The van der Waals surface area contributed by atoms with Gasteiger partial charge < -0.3 is 14.6 Å². The number of nitrogens with zero attached hydrogens (tertiary/aromatic N) is 1. The quantitative estimate of drug-likeness (QED) is 0.675. The summed E-state index contributed by atoms with van der Waals surface area (Å²) in [7, 11) is 2.42. The van der Waals surface area contributed by atoms with Gasteiger partial charge in [0, 0.05) is 6.07 Å². The van der Waals surface area contributed by atoms with Crippen LogP contribution in [0.5, 0.6) is 11.5 Å². The number of methoxy groups -OCH3 is 2. The Hall–Kier alpha value is -1.83. The number of halogens is 1. The first kappa shape index (κ1) is 13.2. The van der Waals surface area contributed by atoms with Crippen LogP contribution >= 0.6 is 15.9 Å². The first-order valence-electron chi connectivity index (χ1n) is 4.26. The lowest BCUT2D eigenvalue weighted by Crippen LogP contribution is -2.07. The SMILES string of the molecule is COc1c(Br)cc([N+](=O)[O-])c(OC)c1C(=O)O. The molecule has 0 aliphatic rings. The lowest BCUT2D eigenvalue weighted by atomic mass is 10.1. The Morgan fingerprint density at radius 2 is 1.94 bits per heavy atom. The Kier molecular flexibility index (Phi) is 3.89. The van der Waals surface area contributed by atoms with E-state index in [9.17, 15) is 14.9 Å². The third kappa shape index (κ3) is 2.31. The highest BCUT2D eigenvalue weighted by Crippen LogP contribution is 2.42. The van der Waals surface area contributed by atoms with Crippen LogP contribution in [0, 0.1) is 10.1 Å². The maximum absolute atomic E-state index is 11.1. The van der Waals surface area contributed by atoms with Gasteiger partial charge in [-0.25, -0.2) is 4.79 Å². The van der Waals surface area contributed by atoms with Gasteiger partial charge in [0.25, 0.3) is 0 Å². The van der Waals surface area contributed by atoms with E-state index in [4.69, 9.17) is 14.6 Å². The first-order valence-corrected chi connectivity index (χ1v) is 5.05. The molecular weight excluding hydrogens is 298 g/mol. The summed E-state index contributed by atoms with van der Waals surface area (Å²) in [5.41, 5.74) is -0.839. The lowest BCUT2D eigenvalue weighted by molar-refractivity contribution is -0.385. The van der Waals surface area contributed by atoms with Crippen molar-refractivity contribution in [3.05, 3.63) is 26.2 Å². The Bertz CT molecular complexity index is 487. The summed E-state index contributed by atoms with van der Waals surface area (Å²) < 4.78 is 9.83. The fourth-order valence-electron chi connectivity index (χ4n) is 1.34. The van der Waals surface area contributed by atoms with E-state index >= 15 is 0 Å². The molecule has 0 aliphatic carbocycles. The van der Waals surface area contributed by atoms with Gasteiger partial charge in [-0.2, -0.15) is 0 Å². The maximum atomic E-state index is 11.1. The van der Waals surface area contributed by atoms with Crippen LogP contribution in [0.4, 0.5) is 5.69 Å². The average Bonchev–Trinajstić information content (AvgIpc) is 2.26. The predicted molar refractivity (Wildman–Crippen MR) is 60.9 cm³/mol. The van der Waals surface area contributed by atoms with Crippen molar-refractivity contribution in [1.29, 1.82) is 0 Å². The Balaban J connectivity index is 3.71. The molecule has 0 aromatic heterocycles. The van der Waals surface area contributed by atoms with E-state index in [1.54, 1.807) is 0 Å². The largest absolute Gasteiger partial charge is 0.495 e. The minimum atomic E-state index is -1.37. The van der Waals surface area contributed by atoms with Crippen LogP contribution in [0.3, 0.4) is 0 Å². The zero-order valence-corrected chi connectivity index (χ0v) is 10.5. The Labute approximate surface area is 104 Å². The van der Waals surface area contributed by atoms with Crippen molar-refractivity contribution in [3.63, 3.8) is 0 Å². The molecule has 0 spiro atoms. The van der Waals surface area contributed by atoms with Crippen molar-refractivity contribution >= 4 is 27.6 Å². The molecule has 7 nitrogen and oxygen atoms in total. The molecule has 0 saturated heterocycles. The van der Waals surface area contributed by atoms with Gasteiger partial charge in [0.1, 0.15) is 0 Å². The van der Waals surface area contributed by atoms with Gasteiger partial charge in [-0.1, -0.05) is 0 Å². The number of hydrogen-bond donors (Lipinski definition) is 1. The second-order valence-corrected chi connectivity index (χ2v) is 3.74. The van der Waals surface area contributed by atoms with Crippen molar-refractivity contribution in [1.82, 2.24) is 0 Å². The van der Waals surface area contributed by atoms with Gasteiger partial charge in [0.15, 0.2) is 11.3 Å². The first-order chi connectivity index (χ1) is 7.93. The van der Waals surface area contributed by atoms with Crippen LogP contribution in [-0.4, -0.2) is 30.2 Å². The van der Waals surface area contributed by atoms with E-state index in [1.165, 1.54) is 7.11 Å². The van der Waals surface area contributed by atoms with E-state index in [0.29, 0.717) is 0 Å². The normalized spacial score (nSPS) is 9.82. The number of carboxylic acids is 1. The molecule has 1 aromatic rings. The van der Waals surface area contributed by atoms with Gasteiger partial charge in [0.2, 0.25) is 5.75 Å². The number of nitro benzene ring substituents is 1. The van der Waals surface area contributed by atoms with Crippen molar-refractivity contribution < 1.29 is 24.3 Å². The molecule has 1 rings (SSSR count). The molecule has 1 aromatic carbocycles. The van der Waals surface area contributed by atoms with Crippen LogP contribution in [0.2, 0.25) is 0 Å². The maximum Gasteiger partial charge on any atom is 0.343 e. The molecule has 0 unspecified atom stereocenters. The molecule has 8 heteroatoms. The van der Waals surface area contributed by atoms with E-state index in [1.807, 2.05) is 0 Å². The molecule has 1 N–H and O–H groups in total. The minimum Gasteiger partial charge on any atom is -0.495 e. The average molecular weight is 306 g/mol. The summed E-state index contributed by atoms with van der Waals surface area (Å²) in [5.74, 6) is -1.74. The van der Waals surface area contributed by atoms with Gasteiger partial charge in [0.05, 0.1) is 23.6 Å². The number of ether oxygens (including phenoxy) is 2. The number of nitro groups is 1. The number of hydrogen-bond acceptors (Lipinski definition) is 5. The zero-order valence-electron chi connectivity index (χ0n) is 8.89. The van der Waals surface area contributed by atoms with E-state index in [0.717, 1.165) is 13.2 Å². The highest BCUT2D eigenvalue weighted by Gasteiger charge is 2.29. The minimum absolute atomic E-state index is 0.0278. The fraction of sp³-hybridized carbons (Fsp3) is 0.222. The van der Waals surface area contributed by atoms with Crippen molar-refractivity contribution in [2.24, 2.45) is 0 Å². The number of carboxylic acid groups (broad SMARTS) is 1. The zero-order chi connectivity index (χ0) is 13.2. The van der Waals surface area contributed by atoms with Crippen LogP contribution < -0.4 is 9.47 Å². The van der Waals surface area contributed by atoms with Crippen LogP contribution in [0.1, 0.15) is 10.4 Å². The van der Waals surface area contributed by atoms with Gasteiger partial charge >= 0.3 is 11.7 Å². The Morgan fingerprint density at radius 3 is 2.29 bits per heavy atom. The summed E-state index contributed by atoms with van der Waals surface area (Å²) in [4.78, 5) is 21.1. The third-order valence-corrected chi connectivity index (χ3v) is 2.57. The predicted octanol–water partition coefficient (Wildman–Crippen LogP) is 2.07. The molecule has 0 atom stereocenters. The van der Waals surface area contributed by atoms with Gasteiger partial charge in [-0.15, -0.1) is 0 Å². The van der Waals surface area contributed by atoms with E-state index in [-0.39, 0.29) is 16.0 Å². The Morgan fingerprint density at radius 1 is 1.41 bits per heavy atom. The van der Waals surface area contributed by atoms with Gasteiger partial charge in [-0.3, -0.25) is 10.1 Å². The van der Waals surface area contributed by atoms with Crippen LogP contribution in [0.25, 0.3) is 0 Å². The fourth-order valence-corrected chi connectivity index (χ4v) is 1.91. The number of benzene rings is 1. The van der Waals surface area contributed by atoms with Crippen molar-refractivity contribution in [2.75, 3.05) is 14.2 Å². The third-order valence-electron chi connectivity index (χ3n) is 1.99. The molecule has 0 saturated carbocycles. The topological polar surface area (TPSA) is 98.9 Å². The summed E-state index contributed by atoms with van der Waals surface area (Å²) in [6, 6.07) is 1.13. The van der Waals surface area contributed by atoms with E-state index in [2.05, 4.69) is 15.9 Å². The van der Waals surface area contributed by atoms with Crippen molar-refractivity contribution in [3.8, 4) is 11.5 Å². The summed E-state index contributed by atoms with van der Waals surface area (Å²) in [5, 5.41) is 19.8. The van der Waals surface area contributed by atoms with Crippen LogP contribution in [0.15, 0.2) is 10.5 Å². The van der Waals surface area contributed by atoms with E-state index < -0.39 is 22.1 Å². The second kappa shape index (κ2) is 5.00. The summed E-state index contributed by atoms with van der Waals surface area (Å²) in [6.45, 7) is 0. The molecule has 0 bridgehead atoms. The molecule has 17 heavy (non-hydrogen) atoms. The van der Waals surface area contributed by atoms with Crippen molar-refractivity contribution in [2.45, 2.75) is 0 Å². The highest BCUT2D eigenvalue weighted by molar-refractivity contribution is 9.10. The molecule has 92 valence electrons. The lowest BCUT2D eigenvalue weighted by Gasteiger charge is -2.11. The second-order valence-electron chi connectivity index (χ2n) is 2.88. The summed E-state index contributed by atoms with van der Waals surface area (Å²) in [6.07, 6.45) is 0. The molecule has 0 aliphatic heterocycles.